The molecule has 2 atom stereocenters. The van der Waals surface area contributed by atoms with E-state index in [2.05, 4.69) is 83.6 Å². The Bertz CT molecular complexity index is 1150. The molecule has 0 bridgehead atoms. The van der Waals surface area contributed by atoms with Crippen molar-refractivity contribution in [2.24, 2.45) is 5.92 Å². The number of nitrogens with one attached hydrogen (secondary N) is 1. The van der Waals surface area contributed by atoms with E-state index in [1.165, 1.54) is 15.9 Å². The molecule has 3 heterocycles. The number of likely N-dealkylation sites (tertiary alicyclic amines) is 1. The molecule has 0 radical (unpaired) electrons. The van der Waals surface area contributed by atoms with Gasteiger partial charge >= 0.3 is 0 Å². The number of anilines is 1. The van der Waals surface area contributed by atoms with Crippen LogP contribution >= 0.6 is 0 Å². The van der Waals surface area contributed by atoms with Crippen molar-refractivity contribution in [1.29, 1.82) is 0 Å². The molecular weight excluding hydrogens is 442 g/mol. The van der Waals surface area contributed by atoms with Crippen molar-refractivity contribution in [2.45, 2.75) is 25.0 Å². The van der Waals surface area contributed by atoms with Crippen molar-refractivity contribution < 1.29 is 14.3 Å². The smallest absolute Gasteiger partial charge is 0.265 e. The molecular formula is C27H31N3O3Si. The number of aliphatic hydroxyl groups is 1. The van der Waals surface area contributed by atoms with Gasteiger partial charge in [-0.25, -0.2) is 4.98 Å². The molecule has 2 aliphatic rings. The van der Waals surface area contributed by atoms with Gasteiger partial charge in [0, 0.05) is 43.4 Å². The number of aliphatic hydroxyl groups excluding tert-OH is 1. The third-order valence-electron chi connectivity index (χ3n) is 7.26. The van der Waals surface area contributed by atoms with Gasteiger partial charge in [-0.2, -0.15) is 0 Å². The van der Waals surface area contributed by atoms with Crippen LogP contribution < -0.4 is 15.7 Å². The zero-order chi connectivity index (χ0) is 23.8. The van der Waals surface area contributed by atoms with Crippen molar-refractivity contribution in [1.82, 2.24) is 9.88 Å². The molecule has 5 rings (SSSR count). The second-order valence-corrected chi connectivity index (χ2v) is 13.9. The lowest BCUT2D eigenvalue weighted by molar-refractivity contribution is -0.126. The minimum Gasteiger partial charge on any atom is -0.407 e. The van der Waals surface area contributed by atoms with Gasteiger partial charge in [0.05, 0.1) is 0 Å². The number of amides is 1. The predicted molar refractivity (Wildman–Crippen MR) is 136 cm³/mol. The minimum atomic E-state index is -2.37. The highest BCUT2D eigenvalue weighted by atomic mass is 28.4. The van der Waals surface area contributed by atoms with Gasteiger partial charge in [0.1, 0.15) is 11.9 Å². The molecule has 176 valence electrons. The van der Waals surface area contributed by atoms with Gasteiger partial charge in [-0.3, -0.25) is 9.69 Å². The number of carbonyl (C=O) groups excluding carboxylic acids is 1. The highest BCUT2D eigenvalue weighted by Crippen LogP contribution is 2.43. The summed E-state index contributed by atoms with van der Waals surface area (Å²) >= 11 is 0. The number of carbonyl (C=O) groups is 1. The summed E-state index contributed by atoms with van der Waals surface area (Å²) < 4.78 is 6.94. The Labute approximate surface area is 201 Å². The van der Waals surface area contributed by atoms with Crippen LogP contribution in [0, 0.1) is 5.92 Å². The Kier molecular flexibility index (Phi) is 6.12. The zero-order valence-corrected chi connectivity index (χ0v) is 20.6. The maximum Gasteiger partial charge on any atom is 0.265 e. The van der Waals surface area contributed by atoms with E-state index >= 15 is 0 Å². The van der Waals surface area contributed by atoms with Gasteiger partial charge in [-0.15, -0.1) is 0 Å². The van der Waals surface area contributed by atoms with Crippen molar-refractivity contribution in [3.05, 3.63) is 84.6 Å². The number of β-amino-alcohol motifs (C(OH)–C–C–N with tert-alkyl or cyclic N) is 1. The van der Waals surface area contributed by atoms with E-state index in [9.17, 15) is 9.90 Å². The average Bonchev–Trinajstić information content (AvgIpc) is 2.83. The Hall–Kier alpha value is -2.84. The maximum atomic E-state index is 12.3. The van der Waals surface area contributed by atoms with E-state index in [-0.39, 0.29) is 5.04 Å². The van der Waals surface area contributed by atoms with E-state index in [1.54, 1.807) is 24.4 Å². The largest absolute Gasteiger partial charge is 0.407 e. The number of benzene rings is 2. The SMILES string of the molecule is CC1(C)c2ccccc2[Si]1(OCC1CN(CC(O)C(=O)Nc2ccccn2)C1)c1ccccc1. The molecule has 1 amide bonds. The molecule has 1 fully saturated rings. The van der Waals surface area contributed by atoms with Crippen molar-refractivity contribution in [2.75, 3.05) is 31.6 Å². The number of hydrogen-bond acceptors (Lipinski definition) is 5. The Balaban J connectivity index is 1.20. The van der Waals surface area contributed by atoms with E-state index in [0.717, 1.165) is 13.1 Å². The first kappa shape index (κ1) is 22.9. The number of pyridine rings is 1. The summed E-state index contributed by atoms with van der Waals surface area (Å²) in [5, 5.41) is 15.7. The van der Waals surface area contributed by atoms with Gasteiger partial charge in [0.25, 0.3) is 14.2 Å². The first-order valence-corrected chi connectivity index (χ1v) is 13.7. The second-order valence-electron chi connectivity index (χ2n) is 9.83. The van der Waals surface area contributed by atoms with Gasteiger partial charge in [-0.1, -0.05) is 74.5 Å². The van der Waals surface area contributed by atoms with E-state index < -0.39 is 20.3 Å². The fourth-order valence-electron chi connectivity index (χ4n) is 5.48. The van der Waals surface area contributed by atoms with Crippen LogP contribution in [0.15, 0.2) is 79.0 Å². The third kappa shape index (κ3) is 3.88. The molecule has 3 aromatic rings. The molecule has 2 aliphatic heterocycles. The molecule has 7 heteroatoms. The highest BCUT2D eigenvalue weighted by molar-refractivity contribution is 7.03. The van der Waals surface area contributed by atoms with Gasteiger partial charge in [-0.05, 0) is 28.1 Å². The Morgan fingerprint density at radius 2 is 1.82 bits per heavy atom. The summed E-state index contributed by atoms with van der Waals surface area (Å²) in [6.07, 6.45) is 0.515. The first-order chi connectivity index (χ1) is 16.4. The normalized spacial score (nSPS) is 22.2. The molecule has 2 aromatic carbocycles. The van der Waals surface area contributed by atoms with Crippen LogP contribution in [0.5, 0.6) is 0 Å². The second kappa shape index (κ2) is 9.07. The quantitative estimate of drug-likeness (QED) is 0.489. The highest BCUT2D eigenvalue weighted by Gasteiger charge is 2.63. The fourth-order valence-corrected chi connectivity index (χ4v) is 10.5. The zero-order valence-electron chi connectivity index (χ0n) is 19.6. The van der Waals surface area contributed by atoms with Crippen molar-refractivity contribution in [3.63, 3.8) is 0 Å². The molecule has 6 nitrogen and oxygen atoms in total. The van der Waals surface area contributed by atoms with Crippen molar-refractivity contribution >= 4 is 30.4 Å². The predicted octanol–water partition coefficient (Wildman–Crippen LogP) is 1.92. The van der Waals surface area contributed by atoms with E-state index in [1.807, 2.05) is 0 Å². The van der Waals surface area contributed by atoms with Crippen LogP contribution in [0.3, 0.4) is 0 Å². The topological polar surface area (TPSA) is 74.7 Å². The summed E-state index contributed by atoms with van der Waals surface area (Å²) in [5.41, 5.74) is 1.39. The fraction of sp³-hybridized carbons (Fsp3) is 0.333. The summed E-state index contributed by atoms with van der Waals surface area (Å²) in [7, 11) is -2.37. The lowest BCUT2D eigenvalue weighted by Crippen LogP contribution is -2.81. The number of nitrogens with zero attached hydrogens (tertiary/aromatic N) is 2. The summed E-state index contributed by atoms with van der Waals surface area (Å²) in [6, 6.07) is 24.7. The molecule has 0 spiro atoms. The average molecular weight is 474 g/mol. The van der Waals surface area contributed by atoms with Crippen LogP contribution in [0.4, 0.5) is 5.82 Å². The van der Waals surface area contributed by atoms with Gasteiger partial charge in [0.2, 0.25) is 0 Å². The molecule has 34 heavy (non-hydrogen) atoms. The van der Waals surface area contributed by atoms with Gasteiger partial charge < -0.3 is 14.8 Å². The summed E-state index contributed by atoms with van der Waals surface area (Å²) in [5.74, 6) is 0.408. The van der Waals surface area contributed by atoms with Crippen LogP contribution in [0.25, 0.3) is 0 Å². The minimum absolute atomic E-state index is 0.00582. The molecule has 1 aromatic heterocycles. The van der Waals surface area contributed by atoms with Crippen LogP contribution in [0.1, 0.15) is 19.4 Å². The van der Waals surface area contributed by atoms with Crippen LogP contribution in [-0.4, -0.2) is 61.6 Å². The summed E-state index contributed by atoms with van der Waals surface area (Å²) in [6.45, 7) is 7.26. The Morgan fingerprint density at radius 3 is 2.56 bits per heavy atom. The maximum absolute atomic E-state index is 12.3. The first-order valence-electron chi connectivity index (χ1n) is 11.8. The van der Waals surface area contributed by atoms with E-state index in [4.69, 9.17) is 4.43 Å². The van der Waals surface area contributed by atoms with Crippen molar-refractivity contribution in [3.8, 4) is 0 Å². The Morgan fingerprint density at radius 1 is 1.12 bits per heavy atom. The number of fused-ring (bicyclic) bond motifs is 1. The van der Waals surface area contributed by atoms with Crippen LogP contribution in [-0.2, 0) is 14.3 Å². The monoisotopic (exact) mass is 473 g/mol. The number of hydrogen-bond donors (Lipinski definition) is 2. The lowest BCUT2D eigenvalue weighted by Gasteiger charge is -2.56. The summed E-state index contributed by atoms with van der Waals surface area (Å²) in [4.78, 5) is 18.4. The third-order valence-corrected chi connectivity index (χ3v) is 12.2. The molecule has 2 N–H and O–H groups in total. The molecule has 2 unspecified atom stereocenters. The van der Waals surface area contributed by atoms with E-state index in [0.29, 0.717) is 24.9 Å². The number of rotatable bonds is 8. The van der Waals surface area contributed by atoms with Crippen LogP contribution in [0.2, 0.25) is 0 Å². The molecule has 1 saturated heterocycles. The molecule has 0 saturated carbocycles. The number of aromatic nitrogens is 1. The molecule has 0 aliphatic carbocycles. The lowest BCUT2D eigenvalue weighted by atomic mass is 10.00. The standard InChI is InChI=1S/C27H31N3O3Si/c1-27(2)22-12-6-7-13-24(22)34(27,21-10-4-3-5-11-21)33-19-20-16-30(17-20)18-23(31)26(32)29-25-14-8-9-15-28-25/h3-15,20,23,31H,16-19H2,1-2H3,(H,28,29,32). The van der Waals surface area contributed by atoms with Gasteiger partial charge in [0.15, 0.2) is 0 Å².